The molecule has 0 radical (unpaired) electrons. The standard InChI is InChI=1S/C65H44F3N5/c1-41-23-27-43(28-24-41)49-31-33-52-53-34-32-50(44-29-25-42(2)26-30-44)36-61(53)73(60(52)35-49)62-54(59-40-58(47-19-11-5-12-20-47)69-63(72-59)48-21-13-6-14-22-48)37-51(65(66,67)68)38-55(62)64-70-56(45-15-7-3-8-16-45)39-57(71-64)46-17-9-4-10-18-46/h3-40H,1-2H3. The Morgan fingerprint density at radius 3 is 1.14 bits per heavy atom. The third-order valence-corrected chi connectivity index (χ3v) is 13.4. The molecule has 9 aromatic carbocycles. The highest BCUT2D eigenvalue weighted by molar-refractivity contribution is 6.12. The number of nitrogens with zero attached hydrogens (tertiary/aromatic N) is 5. The third kappa shape index (κ3) is 8.74. The van der Waals surface area contributed by atoms with E-state index in [1.165, 1.54) is 12.1 Å². The summed E-state index contributed by atoms with van der Waals surface area (Å²) < 4.78 is 50.1. The molecule has 0 N–H and O–H groups in total. The summed E-state index contributed by atoms with van der Waals surface area (Å²) in [7, 11) is 0. The number of fused-ring (bicyclic) bond motifs is 3. The number of alkyl halides is 3. The van der Waals surface area contributed by atoms with Gasteiger partial charge in [-0.3, -0.25) is 0 Å². The molecule has 0 saturated carbocycles. The first-order valence-electron chi connectivity index (χ1n) is 24.1. The van der Waals surface area contributed by atoms with Crippen LogP contribution in [0, 0.1) is 13.8 Å². The highest BCUT2D eigenvalue weighted by atomic mass is 19.4. The molecule has 0 aliphatic heterocycles. The Hall–Kier alpha value is -9.27. The van der Waals surface area contributed by atoms with E-state index < -0.39 is 11.7 Å². The van der Waals surface area contributed by atoms with Crippen LogP contribution in [0.5, 0.6) is 0 Å². The maximum absolute atomic E-state index is 16.0. The summed E-state index contributed by atoms with van der Waals surface area (Å²) in [6.07, 6.45) is -4.79. The van der Waals surface area contributed by atoms with E-state index in [9.17, 15) is 0 Å². The predicted octanol–water partition coefficient (Wildman–Crippen LogP) is 17.3. The Kier molecular flexibility index (Phi) is 11.4. The van der Waals surface area contributed by atoms with Crippen molar-refractivity contribution in [3.8, 4) is 95.7 Å². The molecular formula is C65H44F3N5. The van der Waals surface area contributed by atoms with E-state index in [0.29, 0.717) is 34.2 Å². The predicted molar refractivity (Wildman–Crippen MR) is 290 cm³/mol. The molecule has 8 heteroatoms. The van der Waals surface area contributed by atoms with Crippen molar-refractivity contribution in [2.75, 3.05) is 0 Å². The van der Waals surface area contributed by atoms with E-state index in [-0.39, 0.29) is 22.6 Å². The summed E-state index contributed by atoms with van der Waals surface area (Å²) >= 11 is 0. The van der Waals surface area contributed by atoms with Crippen molar-refractivity contribution in [2.45, 2.75) is 20.0 Å². The lowest BCUT2D eigenvalue weighted by atomic mass is 9.96. The van der Waals surface area contributed by atoms with Gasteiger partial charge in [-0.15, -0.1) is 0 Å². The molecule has 12 aromatic rings. The molecule has 0 fully saturated rings. The lowest BCUT2D eigenvalue weighted by molar-refractivity contribution is -0.137. The van der Waals surface area contributed by atoms with Crippen LogP contribution in [0.3, 0.4) is 0 Å². The topological polar surface area (TPSA) is 56.5 Å². The summed E-state index contributed by atoms with van der Waals surface area (Å²) in [5, 5.41) is 1.83. The van der Waals surface area contributed by atoms with E-state index >= 15 is 13.2 Å². The fourth-order valence-corrected chi connectivity index (χ4v) is 9.65. The molecule has 0 spiro atoms. The molecule has 0 aliphatic carbocycles. The lowest BCUT2D eigenvalue weighted by Gasteiger charge is -2.22. The lowest BCUT2D eigenvalue weighted by Crippen LogP contribution is -2.11. The van der Waals surface area contributed by atoms with Crippen molar-refractivity contribution in [3.05, 3.63) is 247 Å². The Morgan fingerprint density at radius 2 is 0.699 bits per heavy atom. The van der Waals surface area contributed by atoms with Crippen LogP contribution in [0.1, 0.15) is 16.7 Å². The van der Waals surface area contributed by atoms with Crippen LogP contribution in [0.4, 0.5) is 13.2 Å². The van der Waals surface area contributed by atoms with E-state index in [1.54, 1.807) is 6.07 Å². The maximum Gasteiger partial charge on any atom is 0.416 e. The number of halogens is 3. The van der Waals surface area contributed by atoms with Crippen molar-refractivity contribution >= 4 is 21.8 Å². The van der Waals surface area contributed by atoms with Crippen molar-refractivity contribution < 1.29 is 13.2 Å². The number of aromatic nitrogens is 5. The van der Waals surface area contributed by atoms with Gasteiger partial charge in [0, 0.05) is 44.2 Å². The van der Waals surface area contributed by atoms with Crippen molar-refractivity contribution in [3.63, 3.8) is 0 Å². The molecule has 0 saturated heterocycles. The van der Waals surface area contributed by atoms with Gasteiger partial charge in [0.05, 0.1) is 45.1 Å². The van der Waals surface area contributed by atoms with Gasteiger partial charge < -0.3 is 4.57 Å². The number of rotatable bonds is 9. The van der Waals surface area contributed by atoms with E-state index in [2.05, 4.69) is 103 Å². The molecule has 5 nitrogen and oxygen atoms in total. The molecular weight excluding hydrogens is 908 g/mol. The Morgan fingerprint density at radius 1 is 0.329 bits per heavy atom. The molecule has 73 heavy (non-hydrogen) atoms. The second-order valence-corrected chi connectivity index (χ2v) is 18.3. The van der Waals surface area contributed by atoms with Crippen LogP contribution >= 0.6 is 0 Å². The summed E-state index contributed by atoms with van der Waals surface area (Å²) in [6, 6.07) is 74.1. The van der Waals surface area contributed by atoms with Crippen LogP contribution in [0.25, 0.3) is 118 Å². The second-order valence-electron chi connectivity index (χ2n) is 18.3. The zero-order valence-electron chi connectivity index (χ0n) is 39.8. The van der Waals surface area contributed by atoms with Gasteiger partial charge in [-0.1, -0.05) is 205 Å². The van der Waals surface area contributed by atoms with E-state index in [0.717, 1.165) is 71.9 Å². The first-order valence-corrected chi connectivity index (χ1v) is 24.1. The molecule has 0 unspecified atom stereocenters. The number of benzene rings is 9. The van der Waals surface area contributed by atoms with Crippen LogP contribution in [-0.4, -0.2) is 24.5 Å². The zero-order chi connectivity index (χ0) is 49.6. The van der Waals surface area contributed by atoms with Gasteiger partial charge >= 0.3 is 6.18 Å². The van der Waals surface area contributed by atoms with E-state index in [4.69, 9.17) is 19.9 Å². The normalized spacial score (nSPS) is 11.6. The summed E-state index contributed by atoms with van der Waals surface area (Å²) in [6.45, 7) is 4.11. The van der Waals surface area contributed by atoms with Gasteiger partial charge in [-0.2, -0.15) is 13.2 Å². The minimum atomic E-state index is -4.79. The average molecular weight is 952 g/mol. The molecule has 350 valence electrons. The third-order valence-electron chi connectivity index (χ3n) is 13.4. The summed E-state index contributed by atoms with van der Waals surface area (Å²) in [5.74, 6) is 0.476. The SMILES string of the molecule is Cc1ccc(-c2ccc3c4ccc(-c5ccc(C)cc5)cc4n(-c4c(-c5cc(-c6ccccc6)nc(-c6ccccc6)n5)cc(C(F)(F)F)cc4-c4nc(-c5ccccc5)cc(-c5ccccc5)n4)c3c2)cc1. The molecule has 3 heterocycles. The van der Waals surface area contributed by atoms with Gasteiger partial charge in [-0.25, -0.2) is 19.9 Å². The minimum Gasteiger partial charge on any atom is -0.308 e. The van der Waals surface area contributed by atoms with Crippen LogP contribution in [0.2, 0.25) is 0 Å². The van der Waals surface area contributed by atoms with Crippen molar-refractivity contribution in [1.29, 1.82) is 0 Å². The number of hydrogen-bond donors (Lipinski definition) is 0. The Labute approximate surface area is 420 Å². The van der Waals surface area contributed by atoms with Crippen molar-refractivity contribution in [2.24, 2.45) is 0 Å². The highest BCUT2D eigenvalue weighted by Gasteiger charge is 2.35. The molecule has 0 aliphatic rings. The number of aryl methyl sites for hydroxylation is 2. The highest BCUT2D eigenvalue weighted by Crippen LogP contribution is 2.46. The quantitative estimate of drug-likeness (QED) is 0.145. The van der Waals surface area contributed by atoms with Crippen LogP contribution in [-0.2, 0) is 6.18 Å². The first-order chi connectivity index (χ1) is 35.6. The van der Waals surface area contributed by atoms with E-state index in [1.807, 2.05) is 127 Å². The van der Waals surface area contributed by atoms with Crippen molar-refractivity contribution in [1.82, 2.24) is 24.5 Å². The minimum absolute atomic E-state index is 0.113. The van der Waals surface area contributed by atoms with Gasteiger partial charge in [0.15, 0.2) is 11.6 Å². The Bertz CT molecular complexity index is 3620. The monoisotopic (exact) mass is 951 g/mol. The maximum atomic E-state index is 16.0. The average Bonchev–Trinajstić information content (AvgIpc) is 3.76. The molecule has 3 aromatic heterocycles. The second kappa shape index (κ2) is 18.5. The fourth-order valence-electron chi connectivity index (χ4n) is 9.65. The summed E-state index contributed by atoms with van der Waals surface area (Å²) in [4.78, 5) is 20.8. The molecule has 0 atom stereocenters. The molecule has 0 bridgehead atoms. The zero-order valence-corrected chi connectivity index (χ0v) is 39.8. The number of hydrogen-bond acceptors (Lipinski definition) is 4. The van der Waals surface area contributed by atoms with Gasteiger partial charge in [-0.05, 0) is 72.5 Å². The molecule has 12 rings (SSSR count). The Balaban J connectivity index is 1.27. The fraction of sp³-hybridized carbons (Fsp3) is 0.0462. The van der Waals surface area contributed by atoms with Crippen LogP contribution in [0.15, 0.2) is 231 Å². The smallest absolute Gasteiger partial charge is 0.308 e. The van der Waals surface area contributed by atoms with Gasteiger partial charge in [0.2, 0.25) is 0 Å². The van der Waals surface area contributed by atoms with Crippen LogP contribution < -0.4 is 0 Å². The van der Waals surface area contributed by atoms with Gasteiger partial charge in [0.25, 0.3) is 0 Å². The molecule has 0 amide bonds. The van der Waals surface area contributed by atoms with Gasteiger partial charge in [0.1, 0.15) is 0 Å². The first kappa shape index (κ1) is 44.9. The largest absolute Gasteiger partial charge is 0.416 e. The summed E-state index contributed by atoms with van der Waals surface area (Å²) in [5.41, 5.74) is 12.7.